The predicted molar refractivity (Wildman–Crippen MR) is 35.5 cm³/mol. The second kappa shape index (κ2) is 3.25. The van der Waals surface area contributed by atoms with Crippen LogP contribution in [0.15, 0.2) is 30.3 Å². The van der Waals surface area contributed by atoms with Crippen LogP contribution in [0.3, 0.4) is 0 Å². The summed E-state index contributed by atoms with van der Waals surface area (Å²) in [6, 6.07) is 9.79. The molecule has 0 aromatic heterocycles. The highest BCUT2D eigenvalue weighted by atomic mass is 16.5. The summed E-state index contributed by atoms with van der Waals surface area (Å²) in [5.74, 6) is 0. The Hall–Kier alpha value is -0.820. The summed E-state index contributed by atoms with van der Waals surface area (Å²) >= 11 is 0. The van der Waals surface area contributed by atoms with Crippen molar-refractivity contribution in [3.63, 3.8) is 0 Å². The molecule has 0 saturated carbocycles. The van der Waals surface area contributed by atoms with E-state index in [1.807, 2.05) is 30.3 Å². The van der Waals surface area contributed by atoms with Gasteiger partial charge in [-0.05, 0) is 5.56 Å². The molecule has 0 heterocycles. The zero-order chi connectivity index (χ0) is 6.53. The molecule has 0 bridgehead atoms. The first kappa shape index (κ1) is 6.30. The van der Waals surface area contributed by atoms with Gasteiger partial charge in [0.15, 0.2) is 0 Å². The van der Waals surface area contributed by atoms with E-state index in [0.717, 1.165) is 5.56 Å². The van der Waals surface area contributed by atoms with E-state index in [0.29, 0.717) is 6.61 Å². The molecule has 2 radical (unpaired) electrons. The van der Waals surface area contributed by atoms with Crippen LogP contribution in [0.2, 0.25) is 0 Å². The normalized spacial score (nSPS) is 9.44. The Morgan fingerprint density at radius 3 is 2.44 bits per heavy atom. The molecule has 9 heavy (non-hydrogen) atoms. The van der Waals surface area contributed by atoms with E-state index in [1.54, 1.807) is 0 Å². The maximum Gasteiger partial charge on any atom is 0.116 e. The zero-order valence-electron chi connectivity index (χ0n) is 5.08. The van der Waals surface area contributed by atoms with Crippen LogP contribution in [0.1, 0.15) is 5.56 Å². The Morgan fingerprint density at radius 1 is 1.22 bits per heavy atom. The van der Waals surface area contributed by atoms with Gasteiger partial charge in [-0.3, -0.25) is 0 Å². The summed E-state index contributed by atoms with van der Waals surface area (Å²) in [7, 11) is 4.86. The molecule has 0 fully saturated rings. The summed E-state index contributed by atoms with van der Waals surface area (Å²) in [4.78, 5) is 0. The number of rotatable bonds is 2. The fourth-order valence-corrected chi connectivity index (χ4v) is 0.670. The number of hydrogen-bond donors (Lipinski definition) is 0. The van der Waals surface area contributed by atoms with Crippen LogP contribution in [0.5, 0.6) is 0 Å². The van der Waals surface area contributed by atoms with Gasteiger partial charge in [0.1, 0.15) is 7.11 Å². The first-order valence-corrected chi connectivity index (χ1v) is 2.79. The van der Waals surface area contributed by atoms with Crippen molar-refractivity contribution in [2.24, 2.45) is 0 Å². The molecule has 0 amide bonds. The van der Waals surface area contributed by atoms with Gasteiger partial charge in [-0.1, -0.05) is 30.3 Å². The third-order valence-corrected chi connectivity index (χ3v) is 1.09. The lowest BCUT2D eigenvalue weighted by molar-refractivity contribution is 0.229. The van der Waals surface area contributed by atoms with Crippen LogP contribution < -0.4 is 0 Å². The molecule has 1 aromatic carbocycles. The monoisotopic (exact) mass is 120 g/mol. The molecule has 1 aromatic rings. The lowest BCUT2D eigenvalue weighted by Crippen LogP contribution is -1.82. The van der Waals surface area contributed by atoms with Crippen molar-refractivity contribution in [3.8, 4) is 0 Å². The topological polar surface area (TPSA) is 9.23 Å². The molecule has 0 atom stereocenters. The largest absolute Gasteiger partial charge is 0.368 e. The minimum atomic E-state index is 0.487. The van der Waals surface area contributed by atoms with Gasteiger partial charge in [0.25, 0.3) is 0 Å². The molecule has 0 spiro atoms. The molecule has 0 aliphatic rings. The minimum absolute atomic E-state index is 0.487. The Kier molecular flexibility index (Phi) is 2.28. The van der Waals surface area contributed by atoms with E-state index in [1.165, 1.54) is 0 Å². The Labute approximate surface area is 55.3 Å². The lowest BCUT2D eigenvalue weighted by Gasteiger charge is -1.94. The van der Waals surface area contributed by atoms with Crippen LogP contribution in [0.25, 0.3) is 0 Å². The van der Waals surface area contributed by atoms with E-state index in [-0.39, 0.29) is 0 Å². The second-order valence-electron chi connectivity index (χ2n) is 1.80. The summed E-state index contributed by atoms with van der Waals surface area (Å²) in [6.45, 7) is 0.487. The summed E-state index contributed by atoms with van der Waals surface area (Å²) < 4.78 is 4.43. The van der Waals surface area contributed by atoms with Gasteiger partial charge >= 0.3 is 0 Å². The van der Waals surface area contributed by atoms with Crippen molar-refractivity contribution in [2.75, 3.05) is 0 Å². The highest BCUT2D eigenvalue weighted by molar-refractivity contribution is 5.13. The van der Waals surface area contributed by atoms with E-state index >= 15 is 0 Å². The first-order valence-electron chi connectivity index (χ1n) is 2.79. The third kappa shape index (κ3) is 1.86. The van der Waals surface area contributed by atoms with Crippen LogP contribution >= 0.6 is 0 Å². The van der Waals surface area contributed by atoms with Gasteiger partial charge in [-0.15, -0.1) is 0 Å². The quantitative estimate of drug-likeness (QED) is 0.579. The Morgan fingerprint density at radius 2 is 1.89 bits per heavy atom. The van der Waals surface area contributed by atoms with E-state index in [2.05, 4.69) is 4.74 Å². The maximum atomic E-state index is 4.86. The lowest BCUT2D eigenvalue weighted by atomic mass is 10.2. The Balaban J connectivity index is 2.61. The van der Waals surface area contributed by atoms with Gasteiger partial charge in [-0.25, -0.2) is 0 Å². The summed E-state index contributed by atoms with van der Waals surface area (Å²) in [6.07, 6.45) is 0. The van der Waals surface area contributed by atoms with Crippen molar-refractivity contribution >= 4 is 0 Å². The molecule has 46 valence electrons. The van der Waals surface area contributed by atoms with Crippen molar-refractivity contribution in [1.29, 1.82) is 0 Å². The van der Waals surface area contributed by atoms with Gasteiger partial charge < -0.3 is 4.74 Å². The zero-order valence-corrected chi connectivity index (χ0v) is 5.08. The molecule has 0 unspecified atom stereocenters. The molecular formula is C8H8O. The molecule has 0 aliphatic heterocycles. The van der Waals surface area contributed by atoms with Gasteiger partial charge in [-0.2, -0.15) is 0 Å². The van der Waals surface area contributed by atoms with E-state index in [9.17, 15) is 0 Å². The van der Waals surface area contributed by atoms with Gasteiger partial charge in [0.2, 0.25) is 0 Å². The first-order chi connectivity index (χ1) is 4.43. The fraction of sp³-hybridized carbons (Fsp3) is 0.125. The summed E-state index contributed by atoms with van der Waals surface area (Å²) in [5, 5.41) is 0. The molecule has 1 nitrogen and oxygen atoms in total. The molecule has 0 aliphatic carbocycles. The average molecular weight is 120 g/mol. The second-order valence-corrected chi connectivity index (χ2v) is 1.80. The van der Waals surface area contributed by atoms with Crippen molar-refractivity contribution in [1.82, 2.24) is 0 Å². The standard InChI is InChI=1S/C8H8O/c1-9-7-8-5-3-2-4-6-8/h1-6H,7H2. The fourth-order valence-electron chi connectivity index (χ4n) is 0.670. The number of ether oxygens (including phenoxy) is 1. The number of hydrogen-bond acceptors (Lipinski definition) is 1. The third-order valence-electron chi connectivity index (χ3n) is 1.09. The van der Waals surface area contributed by atoms with E-state index in [4.69, 9.17) is 7.11 Å². The van der Waals surface area contributed by atoms with Crippen molar-refractivity contribution < 1.29 is 4.74 Å². The molecule has 0 saturated heterocycles. The minimum Gasteiger partial charge on any atom is -0.368 e. The SMILES string of the molecule is [CH]OCc1ccccc1. The molecular weight excluding hydrogens is 112 g/mol. The van der Waals surface area contributed by atoms with Crippen LogP contribution in [0.4, 0.5) is 0 Å². The van der Waals surface area contributed by atoms with E-state index < -0.39 is 0 Å². The average Bonchev–Trinajstić information content (AvgIpc) is 1.91. The number of benzene rings is 1. The summed E-state index contributed by atoms with van der Waals surface area (Å²) in [5.41, 5.74) is 1.10. The van der Waals surface area contributed by atoms with Gasteiger partial charge in [0.05, 0.1) is 6.61 Å². The van der Waals surface area contributed by atoms with Gasteiger partial charge in [0, 0.05) is 0 Å². The van der Waals surface area contributed by atoms with Crippen molar-refractivity contribution in [3.05, 3.63) is 43.0 Å². The smallest absolute Gasteiger partial charge is 0.116 e. The molecule has 1 rings (SSSR count). The van der Waals surface area contributed by atoms with Crippen molar-refractivity contribution in [2.45, 2.75) is 6.61 Å². The maximum absolute atomic E-state index is 4.86. The van der Waals surface area contributed by atoms with Crippen LogP contribution in [-0.2, 0) is 11.3 Å². The van der Waals surface area contributed by atoms with Crippen LogP contribution in [-0.4, -0.2) is 0 Å². The molecule has 0 N–H and O–H groups in total. The van der Waals surface area contributed by atoms with Crippen LogP contribution in [0, 0.1) is 7.11 Å². The predicted octanol–water partition coefficient (Wildman–Crippen LogP) is 1.87. The highest BCUT2D eigenvalue weighted by Gasteiger charge is 1.84. The highest BCUT2D eigenvalue weighted by Crippen LogP contribution is 1.98. The Bertz CT molecular complexity index is 157. The molecule has 1 heteroatoms.